The Balaban J connectivity index is 2.52. The van der Waals surface area contributed by atoms with Crippen molar-refractivity contribution in [3.63, 3.8) is 0 Å². The lowest BCUT2D eigenvalue weighted by Gasteiger charge is -2.14. The first-order valence-corrected chi connectivity index (χ1v) is 8.19. The molecule has 0 bridgehead atoms. The molecule has 2 N–H and O–H groups in total. The van der Waals surface area contributed by atoms with E-state index < -0.39 is 12.0 Å². The average Bonchev–Trinajstić information content (AvgIpc) is 2.45. The zero-order chi connectivity index (χ0) is 15.7. The van der Waals surface area contributed by atoms with Gasteiger partial charge in [0.15, 0.2) is 0 Å². The Morgan fingerprint density at radius 3 is 2.52 bits per heavy atom. The fourth-order valence-corrected chi connectivity index (χ4v) is 2.27. The van der Waals surface area contributed by atoms with E-state index in [4.69, 9.17) is 9.84 Å². The maximum atomic E-state index is 11.9. The van der Waals surface area contributed by atoms with E-state index in [1.165, 1.54) is 0 Å². The van der Waals surface area contributed by atoms with Crippen LogP contribution in [0, 0.1) is 0 Å². The molecule has 1 amide bonds. The smallest absolute Gasteiger partial charge is 0.326 e. The SMILES string of the molecule is CCOc1ccc(CC(=O)N[C@H](CCSC)C(=O)O)cc1. The number of ether oxygens (including phenoxy) is 1. The molecule has 0 saturated carbocycles. The summed E-state index contributed by atoms with van der Waals surface area (Å²) in [4.78, 5) is 23.0. The molecule has 0 aliphatic carbocycles. The standard InChI is InChI=1S/C15H21NO4S/c1-3-20-12-6-4-11(5-7-12)10-14(17)16-13(15(18)19)8-9-21-2/h4-7,13H,3,8-10H2,1-2H3,(H,16,17)(H,18,19)/t13-/m1/s1. The first-order chi connectivity index (χ1) is 10.1. The number of hydrogen-bond acceptors (Lipinski definition) is 4. The van der Waals surface area contributed by atoms with Gasteiger partial charge in [0.1, 0.15) is 11.8 Å². The van der Waals surface area contributed by atoms with E-state index in [0.29, 0.717) is 18.8 Å². The number of hydrogen-bond donors (Lipinski definition) is 2. The predicted molar refractivity (Wildman–Crippen MR) is 83.9 cm³/mol. The lowest BCUT2D eigenvalue weighted by atomic mass is 10.1. The Morgan fingerprint density at radius 1 is 1.33 bits per heavy atom. The maximum Gasteiger partial charge on any atom is 0.326 e. The van der Waals surface area contributed by atoms with Gasteiger partial charge in [0.05, 0.1) is 13.0 Å². The van der Waals surface area contributed by atoms with Crippen molar-refractivity contribution in [1.82, 2.24) is 5.32 Å². The van der Waals surface area contributed by atoms with Crippen molar-refractivity contribution >= 4 is 23.6 Å². The Labute approximate surface area is 129 Å². The summed E-state index contributed by atoms with van der Waals surface area (Å²) in [5.41, 5.74) is 0.824. The molecule has 1 atom stereocenters. The quantitative estimate of drug-likeness (QED) is 0.729. The second-order valence-electron chi connectivity index (χ2n) is 4.49. The minimum absolute atomic E-state index is 0.162. The molecule has 6 heteroatoms. The first kappa shape index (κ1) is 17.4. The van der Waals surface area contributed by atoms with Crippen molar-refractivity contribution in [1.29, 1.82) is 0 Å². The molecular formula is C15H21NO4S. The van der Waals surface area contributed by atoms with Crippen LogP contribution in [0.5, 0.6) is 5.75 Å². The lowest BCUT2D eigenvalue weighted by molar-refractivity contribution is -0.141. The van der Waals surface area contributed by atoms with Gasteiger partial charge in [-0.25, -0.2) is 4.79 Å². The van der Waals surface area contributed by atoms with E-state index in [1.807, 2.05) is 25.3 Å². The van der Waals surface area contributed by atoms with Gasteiger partial charge in [-0.05, 0) is 43.0 Å². The molecule has 0 unspecified atom stereocenters. The molecule has 0 radical (unpaired) electrons. The van der Waals surface area contributed by atoms with Crippen molar-refractivity contribution in [3.05, 3.63) is 29.8 Å². The summed E-state index contributed by atoms with van der Waals surface area (Å²) in [5.74, 6) is 0.169. The van der Waals surface area contributed by atoms with Gasteiger partial charge in [-0.3, -0.25) is 4.79 Å². The average molecular weight is 311 g/mol. The van der Waals surface area contributed by atoms with Gasteiger partial charge in [0, 0.05) is 0 Å². The Hall–Kier alpha value is -1.69. The monoisotopic (exact) mass is 311 g/mol. The summed E-state index contributed by atoms with van der Waals surface area (Å²) in [6, 6.07) is 6.39. The number of carboxylic acid groups (broad SMARTS) is 1. The van der Waals surface area contributed by atoms with Crippen LogP contribution in [-0.2, 0) is 16.0 Å². The number of benzene rings is 1. The zero-order valence-electron chi connectivity index (χ0n) is 12.3. The van der Waals surface area contributed by atoms with E-state index in [-0.39, 0.29) is 12.3 Å². The van der Waals surface area contributed by atoms with Gasteiger partial charge < -0.3 is 15.2 Å². The van der Waals surface area contributed by atoms with Crippen LogP contribution in [0.1, 0.15) is 18.9 Å². The van der Waals surface area contributed by atoms with Crippen LogP contribution in [0.15, 0.2) is 24.3 Å². The molecule has 0 aromatic heterocycles. The second-order valence-corrected chi connectivity index (χ2v) is 5.48. The maximum absolute atomic E-state index is 11.9. The minimum Gasteiger partial charge on any atom is -0.494 e. The van der Waals surface area contributed by atoms with Crippen molar-refractivity contribution in [3.8, 4) is 5.75 Å². The molecule has 5 nitrogen and oxygen atoms in total. The highest BCUT2D eigenvalue weighted by molar-refractivity contribution is 7.98. The van der Waals surface area contributed by atoms with Crippen LogP contribution in [0.2, 0.25) is 0 Å². The van der Waals surface area contributed by atoms with Gasteiger partial charge in [-0.2, -0.15) is 11.8 Å². The Bertz CT molecular complexity index is 461. The number of carbonyl (C=O) groups excluding carboxylic acids is 1. The highest BCUT2D eigenvalue weighted by Gasteiger charge is 2.19. The van der Waals surface area contributed by atoms with E-state index in [0.717, 1.165) is 11.3 Å². The number of rotatable bonds is 9. The van der Waals surface area contributed by atoms with E-state index in [2.05, 4.69) is 5.32 Å². The summed E-state index contributed by atoms with van der Waals surface area (Å²) in [6.07, 6.45) is 2.49. The highest BCUT2D eigenvalue weighted by atomic mass is 32.2. The summed E-state index contributed by atoms with van der Waals surface area (Å²) >= 11 is 1.56. The molecule has 0 aliphatic heterocycles. The summed E-state index contributed by atoms with van der Waals surface area (Å²) in [5, 5.41) is 11.6. The minimum atomic E-state index is -0.996. The summed E-state index contributed by atoms with van der Waals surface area (Å²) in [6.45, 7) is 2.50. The lowest BCUT2D eigenvalue weighted by Crippen LogP contribution is -2.41. The van der Waals surface area contributed by atoms with Crippen LogP contribution in [0.3, 0.4) is 0 Å². The topological polar surface area (TPSA) is 75.6 Å². The van der Waals surface area contributed by atoms with Crippen LogP contribution in [0.25, 0.3) is 0 Å². The zero-order valence-corrected chi connectivity index (χ0v) is 13.1. The first-order valence-electron chi connectivity index (χ1n) is 6.79. The van der Waals surface area contributed by atoms with Crippen molar-refractivity contribution in [2.75, 3.05) is 18.6 Å². The second kappa shape index (κ2) is 9.28. The van der Waals surface area contributed by atoms with Gasteiger partial charge in [0.2, 0.25) is 5.91 Å². The van der Waals surface area contributed by atoms with E-state index >= 15 is 0 Å². The van der Waals surface area contributed by atoms with E-state index in [1.54, 1.807) is 23.9 Å². The molecule has 0 spiro atoms. The summed E-state index contributed by atoms with van der Waals surface area (Å²) < 4.78 is 5.33. The van der Waals surface area contributed by atoms with Crippen molar-refractivity contribution in [2.45, 2.75) is 25.8 Å². The number of nitrogens with one attached hydrogen (secondary N) is 1. The Morgan fingerprint density at radius 2 is 2.00 bits per heavy atom. The van der Waals surface area contributed by atoms with Crippen molar-refractivity contribution < 1.29 is 19.4 Å². The molecule has 1 aromatic carbocycles. The molecule has 0 fully saturated rings. The largest absolute Gasteiger partial charge is 0.494 e. The van der Waals surface area contributed by atoms with Crippen LogP contribution in [0.4, 0.5) is 0 Å². The third-order valence-corrected chi connectivity index (χ3v) is 3.49. The molecule has 1 aromatic rings. The fourth-order valence-electron chi connectivity index (χ4n) is 1.79. The van der Waals surface area contributed by atoms with Gasteiger partial charge >= 0.3 is 5.97 Å². The Kier molecular flexibility index (Phi) is 7.68. The molecule has 0 heterocycles. The molecule has 21 heavy (non-hydrogen) atoms. The van der Waals surface area contributed by atoms with Crippen molar-refractivity contribution in [2.24, 2.45) is 0 Å². The molecule has 0 saturated heterocycles. The fraction of sp³-hybridized carbons (Fsp3) is 0.467. The highest BCUT2D eigenvalue weighted by Crippen LogP contribution is 2.12. The molecule has 0 aliphatic rings. The third kappa shape index (κ3) is 6.53. The molecule has 116 valence electrons. The van der Waals surface area contributed by atoms with Gasteiger partial charge in [0.25, 0.3) is 0 Å². The normalized spacial score (nSPS) is 11.7. The van der Waals surface area contributed by atoms with E-state index in [9.17, 15) is 9.59 Å². The number of carbonyl (C=O) groups is 2. The number of carboxylic acids is 1. The molecular weight excluding hydrogens is 290 g/mol. The summed E-state index contributed by atoms with van der Waals surface area (Å²) in [7, 11) is 0. The van der Waals surface area contributed by atoms with Crippen LogP contribution in [-0.4, -0.2) is 41.6 Å². The predicted octanol–water partition coefficient (Wildman–Crippen LogP) is 1.95. The van der Waals surface area contributed by atoms with Gasteiger partial charge in [-0.1, -0.05) is 12.1 Å². The third-order valence-electron chi connectivity index (χ3n) is 2.84. The van der Waals surface area contributed by atoms with Gasteiger partial charge in [-0.15, -0.1) is 0 Å². The number of amides is 1. The van der Waals surface area contributed by atoms with Crippen LogP contribution >= 0.6 is 11.8 Å². The molecule has 1 rings (SSSR count). The number of thioether (sulfide) groups is 1. The number of aliphatic carboxylic acids is 1. The van der Waals surface area contributed by atoms with Crippen LogP contribution < -0.4 is 10.1 Å².